The Kier molecular flexibility index (Phi) is 8.73. The van der Waals surface area contributed by atoms with Crippen molar-refractivity contribution in [3.8, 4) is 11.5 Å². The van der Waals surface area contributed by atoms with E-state index in [1.54, 1.807) is 7.11 Å². The molecular weight excluding hydrogens is 334 g/mol. The van der Waals surface area contributed by atoms with Crippen molar-refractivity contribution in [3.05, 3.63) is 22.2 Å². The molecule has 0 saturated carbocycles. The first-order valence-electron chi connectivity index (χ1n) is 7.42. The number of rotatable bonds is 10. The van der Waals surface area contributed by atoms with Crippen LogP contribution < -0.4 is 14.8 Å². The van der Waals surface area contributed by atoms with E-state index < -0.39 is 0 Å². The van der Waals surface area contributed by atoms with Crippen molar-refractivity contribution in [3.63, 3.8) is 0 Å². The average molecular weight is 360 g/mol. The molecule has 0 bridgehead atoms. The molecule has 1 rings (SSSR count). The first-order valence-corrected chi connectivity index (χ1v) is 8.21. The monoisotopic (exact) mass is 359 g/mol. The van der Waals surface area contributed by atoms with Gasteiger partial charge in [0.05, 0.1) is 18.2 Å². The maximum absolute atomic E-state index is 8.75. The molecule has 0 unspecified atom stereocenters. The van der Waals surface area contributed by atoms with Crippen LogP contribution in [0.1, 0.15) is 38.7 Å². The van der Waals surface area contributed by atoms with E-state index in [-0.39, 0.29) is 6.61 Å². The van der Waals surface area contributed by atoms with Gasteiger partial charge in [-0.2, -0.15) is 0 Å². The second kappa shape index (κ2) is 10.0. The van der Waals surface area contributed by atoms with Crippen LogP contribution in [0.3, 0.4) is 0 Å². The number of unbranched alkanes of at least 4 members (excludes halogenated alkanes) is 2. The summed E-state index contributed by atoms with van der Waals surface area (Å²) in [6.45, 7) is 5.90. The van der Waals surface area contributed by atoms with Gasteiger partial charge in [-0.1, -0.05) is 13.8 Å². The summed E-state index contributed by atoms with van der Waals surface area (Å²) in [7, 11) is 1.65. The van der Waals surface area contributed by atoms with Crippen LogP contribution in [0.2, 0.25) is 0 Å². The third-order valence-corrected chi connectivity index (χ3v) is 3.64. The second-order valence-corrected chi connectivity index (χ2v) is 6.13. The Morgan fingerprint density at radius 3 is 2.62 bits per heavy atom. The van der Waals surface area contributed by atoms with E-state index in [0.29, 0.717) is 12.6 Å². The van der Waals surface area contributed by atoms with Gasteiger partial charge in [-0.25, -0.2) is 0 Å². The Morgan fingerprint density at radius 2 is 2.00 bits per heavy atom. The van der Waals surface area contributed by atoms with Crippen molar-refractivity contribution in [2.24, 2.45) is 0 Å². The summed E-state index contributed by atoms with van der Waals surface area (Å²) in [5.41, 5.74) is 1.15. The SMILES string of the molecule is COc1cc(CNC(C)C)cc(Br)c1OCCCCCO. The molecule has 5 heteroatoms. The topological polar surface area (TPSA) is 50.7 Å². The van der Waals surface area contributed by atoms with Crippen molar-refractivity contribution < 1.29 is 14.6 Å². The van der Waals surface area contributed by atoms with Gasteiger partial charge in [-0.3, -0.25) is 0 Å². The third kappa shape index (κ3) is 6.68. The van der Waals surface area contributed by atoms with Gasteiger partial charge in [0, 0.05) is 19.2 Å². The Bertz CT molecular complexity index is 424. The van der Waals surface area contributed by atoms with Crippen LogP contribution in [0.4, 0.5) is 0 Å². The van der Waals surface area contributed by atoms with Crippen LogP contribution in [0.5, 0.6) is 11.5 Å². The van der Waals surface area contributed by atoms with Gasteiger partial charge in [-0.05, 0) is 52.9 Å². The number of aliphatic hydroxyl groups is 1. The van der Waals surface area contributed by atoms with Crippen LogP contribution in [0.25, 0.3) is 0 Å². The minimum Gasteiger partial charge on any atom is -0.493 e. The van der Waals surface area contributed by atoms with Gasteiger partial charge in [0.1, 0.15) is 0 Å². The molecular formula is C16H26BrNO3. The lowest BCUT2D eigenvalue weighted by molar-refractivity contribution is 0.259. The molecule has 1 aromatic carbocycles. The molecule has 0 heterocycles. The summed E-state index contributed by atoms with van der Waals surface area (Å²) in [4.78, 5) is 0. The van der Waals surface area contributed by atoms with E-state index in [9.17, 15) is 0 Å². The predicted molar refractivity (Wildman–Crippen MR) is 89.1 cm³/mol. The van der Waals surface area contributed by atoms with Gasteiger partial charge in [0.15, 0.2) is 11.5 Å². The lowest BCUT2D eigenvalue weighted by Gasteiger charge is -2.15. The average Bonchev–Trinajstić information content (AvgIpc) is 2.46. The zero-order valence-electron chi connectivity index (χ0n) is 13.1. The Hall–Kier alpha value is -0.780. The fourth-order valence-electron chi connectivity index (χ4n) is 1.90. The Labute approximate surface area is 136 Å². The maximum Gasteiger partial charge on any atom is 0.175 e. The lowest BCUT2D eigenvalue weighted by Crippen LogP contribution is -2.21. The molecule has 0 fully saturated rings. The molecule has 21 heavy (non-hydrogen) atoms. The molecule has 0 spiro atoms. The fourth-order valence-corrected chi connectivity index (χ4v) is 2.51. The van der Waals surface area contributed by atoms with Crippen molar-refractivity contribution in [1.82, 2.24) is 5.32 Å². The number of ether oxygens (including phenoxy) is 2. The van der Waals surface area contributed by atoms with E-state index in [1.807, 2.05) is 6.07 Å². The number of hydrogen-bond donors (Lipinski definition) is 2. The number of halogens is 1. The highest BCUT2D eigenvalue weighted by atomic mass is 79.9. The summed E-state index contributed by atoms with van der Waals surface area (Å²) in [6, 6.07) is 4.50. The molecule has 0 amide bonds. The Morgan fingerprint density at radius 1 is 1.24 bits per heavy atom. The standard InChI is InChI=1S/C16H26BrNO3/c1-12(2)18-11-13-9-14(17)16(15(10-13)20-3)21-8-6-4-5-7-19/h9-10,12,18-19H,4-8,11H2,1-3H3. The van der Waals surface area contributed by atoms with Crippen molar-refractivity contribution >= 4 is 15.9 Å². The highest BCUT2D eigenvalue weighted by Crippen LogP contribution is 2.36. The molecule has 0 aliphatic rings. The summed E-state index contributed by atoms with van der Waals surface area (Å²) < 4.78 is 12.1. The van der Waals surface area contributed by atoms with Gasteiger partial charge in [0.25, 0.3) is 0 Å². The minimum atomic E-state index is 0.241. The van der Waals surface area contributed by atoms with Gasteiger partial charge < -0.3 is 19.9 Å². The molecule has 0 saturated heterocycles. The number of nitrogens with one attached hydrogen (secondary N) is 1. The van der Waals surface area contributed by atoms with Crippen LogP contribution >= 0.6 is 15.9 Å². The smallest absolute Gasteiger partial charge is 0.175 e. The molecule has 4 nitrogen and oxygen atoms in total. The highest BCUT2D eigenvalue weighted by Gasteiger charge is 2.11. The molecule has 0 aromatic heterocycles. The molecule has 1 aromatic rings. The zero-order valence-corrected chi connectivity index (χ0v) is 14.7. The molecule has 0 aliphatic carbocycles. The molecule has 0 atom stereocenters. The van der Waals surface area contributed by atoms with Crippen LogP contribution in [0, 0.1) is 0 Å². The van der Waals surface area contributed by atoms with Crippen LogP contribution in [0.15, 0.2) is 16.6 Å². The number of benzene rings is 1. The lowest BCUT2D eigenvalue weighted by atomic mass is 10.2. The largest absolute Gasteiger partial charge is 0.493 e. The van der Waals surface area contributed by atoms with Gasteiger partial charge in [0.2, 0.25) is 0 Å². The fraction of sp³-hybridized carbons (Fsp3) is 0.625. The number of aliphatic hydroxyl groups excluding tert-OH is 1. The van der Waals surface area contributed by atoms with Crippen molar-refractivity contribution in [2.45, 2.75) is 45.7 Å². The van der Waals surface area contributed by atoms with E-state index in [2.05, 4.69) is 41.2 Å². The summed E-state index contributed by atoms with van der Waals surface area (Å²) in [6.07, 6.45) is 2.71. The third-order valence-electron chi connectivity index (χ3n) is 3.05. The van der Waals surface area contributed by atoms with E-state index in [1.165, 1.54) is 0 Å². The number of hydrogen-bond acceptors (Lipinski definition) is 4. The summed E-state index contributed by atoms with van der Waals surface area (Å²) in [5, 5.41) is 12.1. The van der Waals surface area contributed by atoms with Crippen molar-refractivity contribution in [2.75, 3.05) is 20.3 Å². The zero-order chi connectivity index (χ0) is 15.7. The summed E-state index contributed by atoms with van der Waals surface area (Å²) in [5.74, 6) is 1.49. The molecule has 120 valence electrons. The van der Waals surface area contributed by atoms with E-state index >= 15 is 0 Å². The van der Waals surface area contributed by atoms with Crippen LogP contribution in [-0.4, -0.2) is 31.5 Å². The predicted octanol–water partition coefficient (Wildman–Crippen LogP) is 3.50. The first-order chi connectivity index (χ1) is 10.1. The van der Waals surface area contributed by atoms with E-state index in [4.69, 9.17) is 14.6 Å². The minimum absolute atomic E-state index is 0.241. The maximum atomic E-state index is 8.75. The van der Waals surface area contributed by atoms with Crippen LogP contribution in [-0.2, 0) is 6.54 Å². The summed E-state index contributed by atoms with van der Waals surface area (Å²) >= 11 is 3.56. The quantitative estimate of drug-likeness (QED) is 0.627. The second-order valence-electron chi connectivity index (χ2n) is 5.28. The van der Waals surface area contributed by atoms with Gasteiger partial charge >= 0.3 is 0 Å². The molecule has 0 radical (unpaired) electrons. The van der Waals surface area contributed by atoms with Gasteiger partial charge in [-0.15, -0.1) is 0 Å². The van der Waals surface area contributed by atoms with E-state index in [0.717, 1.165) is 47.3 Å². The normalized spacial score (nSPS) is 11.0. The Balaban J connectivity index is 2.66. The molecule has 2 N–H and O–H groups in total. The first kappa shape index (κ1) is 18.3. The molecule has 0 aliphatic heterocycles. The highest BCUT2D eigenvalue weighted by molar-refractivity contribution is 9.10. The van der Waals surface area contributed by atoms with Crippen molar-refractivity contribution in [1.29, 1.82) is 0 Å². The number of methoxy groups -OCH3 is 1.